The molecule has 1 aromatic carbocycles. The summed E-state index contributed by atoms with van der Waals surface area (Å²) in [4.78, 5) is 2.58. The Balaban J connectivity index is 1.82. The standard InChI is InChI=1S/C14H21N/c1-2-13-5-7-14(8-6-13)9-12-15-10-3-4-11-15/h5-8H,2-4,9-12H2,1H3. The zero-order valence-electron chi connectivity index (χ0n) is 9.71. The van der Waals surface area contributed by atoms with E-state index >= 15 is 0 Å². The minimum absolute atomic E-state index is 1.15. The van der Waals surface area contributed by atoms with Gasteiger partial charge in [0, 0.05) is 6.54 Å². The van der Waals surface area contributed by atoms with Gasteiger partial charge in [0.25, 0.3) is 0 Å². The van der Waals surface area contributed by atoms with Gasteiger partial charge in [0.15, 0.2) is 0 Å². The number of aryl methyl sites for hydroxylation is 1. The lowest BCUT2D eigenvalue weighted by Crippen LogP contribution is -2.21. The minimum atomic E-state index is 1.15. The number of likely N-dealkylation sites (tertiary alicyclic amines) is 1. The third-order valence-electron chi connectivity index (χ3n) is 3.35. The molecule has 0 unspecified atom stereocenters. The molecule has 1 saturated heterocycles. The second kappa shape index (κ2) is 5.32. The zero-order chi connectivity index (χ0) is 10.5. The highest BCUT2D eigenvalue weighted by molar-refractivity contribution is 5.22. The average molecular weight is 203 g/mol. The molecule has 82 valence electrons. The van der Waals surface area contributed by atoms with Crippen LogP contribution < -0.4 is 0 Å². The Kier molecular flexibility index (Phi) is 3.79. The average Bonchev–Trinajstić information content (AvgIpc) is 2.80. The van der Waals surface area contributed by atoms with Gasteiger partial charge in [0.2, 0.25) is 0 Å². The van der Waals surface area contributed by atoms with Gasteiger partial charge in [0.05, 0.1) is 0 Å². The van der Waals surface area contributed by atoms with Gasteiger partial charge >= 0.3 is 0 Å². The molecule has 1 aromatic rings. The summed E-state index contributed by atoms with van der Waals surface area (Å²) < 4.78 is 0. The summed E-state index contributed by atoms with van der Waals surface area (Å²) in [5.74, 6) is 0. The van der Waals surface area contributed by atoms with Crippen molar-refractivity contribution >= 4 is 0 Å². The van der Waals surface area contributed by atoms with Crippen LogP contribution in [0.5, 0.6) is 0 Å². The maximum atomic E-state index is 2.58. The molecule has 0 saturated carbocycles. The highest BCUT2D eigenvalue weighted by Gasteiger charge is 2.10. The van der Waals surface area contributed by atoms with Gasteiger partial charge in [-0.1, -0.05) is 31.2 Å². The fraction of sp³-hybridized carbons (Fsp3) is 0.571. The third kappa shape index (κ3) is 3.07. The predicted octanol–water partition coefficient (Wildman–Crippen LogP) is 2.89. The molecule has 1 heterocycles. The Bertz CT molecular complexity index is 283. The number of hydrogen-bond donors (Lipinski definition) is 0. The summed E-state index contributed by atoms with van der Waals surface area (Å²) in [7, 11) is 0. The zero-order valence-corrected chi connectivity index (χ0v) is 9.71. The lowest BCUT2D eigenvalue weighted by molar-refractivity contribution is 0.343. The van der Waals surface area contributed by atoms with Crippen LogP contribution in [0.3, 0.4) is 0 Å². The molecule has 15 heavy (non-hydrogen) atoms. The molecule has 0 spiro atoms. The van der Waals surface area contributed by atoms with Gasteiger partial charge in [-0.2, -0.15) is 0 Å². The van der Waals surface area contributed by atoms with Crippen molar-refractivity contribution in [3.8, 4) is 0 Å². The molecule has 1 fully saturated rings. The monoisotopic (exact) mass is 203 g/mol. The number of rotatable bonds is 4. The van der Waals surface area contributed by atoms with Crippen LogP contribution in [0.4, 0.5) is 0 Å². The first-order valence-corrected chi connectivity index (χ1v) is 6.18. The van der Waals surface area contributed by atoms with Gasteiger partial charge in [-0.15, -0.1) is 0 Å². The maximum absolute atomic E-state index is 2.58. The van der Waals surface area contributed by atoms with E-state index in [9.17, 15) is 0 Å². The van der Waals surface area contributed by atoms with Crippen LogP contribution in [-0.4, -0.2) is 24.5 Å². The normalized spacial score (nSPS) is 17.1. The molecule has 0 radical (unpaired) electrons. The summed E-state index contributed by atoms with van der Waals surface area (Å²) in [6, 6.07) is 9.10. The van der Waals surface area contributed by atoms with E-state index in [0.29, 0.717) is 0 Å². The number of hydrogen-bond acceptors (Lipinski definition) is 1. The van der Waals surface area contributed by atoms with E-state index in [2.05, 4.69) is 36.1 Å². The van der Waals surface area contributed by atoms with Crippen molar-refractivity contribution in [2.24, 2.45) is 0 Å². The first kappa shape index (κ1) is 10.7. The van der Waals surface area contributed by atoms with E-state index < -0.39 is 0 Å². The van der Waals surface area contributed by atoms with E-state index in [1.54, 1.807) is 0 Å². The largest absolute Gasteiger partial charge is 0.303 e. The minimum Gasteiger partial charge on any atom is -0.303 e. The van der Waals surface area contributed by atoms with Crippen LogP contribution in [0, 0.1) is 0 Å². The number of nitrogens with zero attached hydrogens (tertiary/aromatic N) is 1. The Morgan fingerprint density at radius 1 is 1.00 bits per heavy atom. The first-order chi connectivity index (χ1) is 7.38. The lowest BCUT2D eigenvalue weighted by Gasteiger charge is -2.14. The van der Waals surface area contributed by atoms with Crippen molar-refractivity contribution < 1.29 is 0 Å². The predicted molar refractivity (Wildman–Crippen MR) is 65.2 cm³/mol. The second-order valence-electron chi connectivity index (χ2n) is 4.47. The molecule has 0 atom stereocenters. The molecule has 1 nitrogen and oxygen atoms in total. The molecule has 0 amide bonds. The fourth-order valence-electron chi connectivity index (χ4n) is 2.24. The van der Waals surface area contributed by atoms with E-state index in [0.717, 1.165) is 6.42 Å². The van der Waals surface area contributed by atoms with E-state index in [4.69, 9.17) is 0 Å². The molecule has 0 aliphatic carbocycles. The van der Waals surface area contributed by atoms with Crippen molar-refractivity contribution in [2.75, 3.05) is 19.6 Å². The molecule has 1 heteroatoms. The van der Waals surface area contributed by atoms with Crippen LogP contribution in [-0.2, 0) is 12.8 Å². The molecule has 0 bridgehead atoms. The van der Waals surface area contributed by atoms with Crippen molar-refractivity contribution in [3.63, 3.8) is 0 Å². The van der Waals surface area contributed by atoms with Crippen LogP contribution >= 0.6 is 0 Å². The van der Waals surface area contributed by atoms with Gasteiger partial charge in [-0.25, -0.2) is 0 Å². The molecule has 0 aromatic heterocycles. The topological polar surface area (TPSA) is 3.24 Å². The summed E-state index contributed by atoms with van der Waals surface area (Å²) in [5.41, 5.74) is 2.93. The van der Waals surface area contributed by atoms with Crippen LogP contribution in [0.2, 0.25) is 0 Å². The SMILES string of the molecule is CCc1ccc(CCN2CCCC2)cc1. The summed E-state index contributed by atoms with van der Waals surface area (Å²) in [6.45, 7) is 6.07. The van der Waals surface area contributed by atoms with Crippen molar-refractivity contribution in [3.05, 3.63) is 35.4 Å². The Hall–Kier alpha value is -0.820. The highest BCUT2D eigenvalue weighted by Crippen LogP contribution is 2.10. The van der Waals surface area contributed by atoms with Gasteiger partial charge in [-0.05, 0) is 49.9 Å². The van der Waals surface area contributed by atoms with Gasteiger partial charge in [0.1, 0.15) is 0 Å². The molecular formula is C14H21N. The summed E-state index contributed by atoms with van der Waals surface area (Å²) in [6.07, 6.45) is 5.15. The second-order valence-corrected chi connectivity index (χ2v) is 4.47. The van der Waals surface area contributed by atoms with Gasteiger partial charge in [-0.3, -0.25) is 0 Å². The van der Waals surface area contributed by atoms with Crippen LogP contribution in [0.15, 0.2) is 24.3 Å². The quantitative estimate of drug-likeness (QED) is 0.727. The van der Waals surface area contributed by atoms with Crippen molar-refractivity contribution in [1.82, 2.24) is 4.90 Å². The summed E-state index contributed by atoms with van der Waals surface area (Å²) in [5, 5.41) is 0. The van der Waals surface area contributed by atoms with Crippen LogP contribution in [0.25, 0.3) is 0 Å². The lowest BCUT2D eigenvalue weighted by atomic mass is 10.1. The van der Waals surface area contributed by atoms with E-state index in [1.165, 1.54) is 50.0 Å². The first-order valence-electron chi connectivity index (χ1n) is 6.18. The Labute approximate surface area is 93.1 Å². The van der Waals surface area contributed by atoms with E-state index in [1.807, 2.05) is 0 Å². The number of benzene rings is 1. The fourth-order valence-corrected chi connectivity index (χ4v) is 2.24. The molecular weight excluding hydrogens is 182 g/mol. The Morgan fingerprint density at radius 2 is 1.60 bits per heavy atom. The molecule has 2 rings (SSSR count). The molecule has 1 aliphatic rings. The van der Waals surface area contributed by atoms with Crippen molar-refractivity contribution in [1.29, 1.82) is 0 Å². The Morgan fingerprint density at radius 3 is 2.20 bits per heavy atom. The van der Waals surface area contributed by atoms with Crippen LogP contribution in [0.1, 0.15) is 30.9 Å². The van der Waals surface area contributed by atoms with Gasteiger partial charge < -0.3 is 4.90 Å². The van der Waals surface area contributed by atoms with E-state index in [-0.39, 0.29) is 0 Å². The summed E-state index contributed by atoms with van der Waals surface area (Å²) >= 11 is 0. The third-order valence-corrected chi connectivity index (χ3v) is 3.35. The van der Waals surface area contributed by atoms with Crippen molar-refractivity contribution in [2.45, 2.75) is 32.6 Å². The highest BCUT2D eigenvalue weighted by atomic mass is 15.1. The maximum Gasteiger partial charge on any atom is 0.00218 e. The molecule has 1 aliphatic heterocycles. The smallest absolute Gasteiger partial charge is 0.00218 e. The molecule has 0 N–H and O–H groups in total.